The van der Waals surface area contributed by atoms with Gasteiger partial charge in [0.05, 0.1) is 5.56 Å². The summed E-state index contributed by atoms with van der Waals surface area (Å²) in [4.78, 5) is 12.1. The molecule has 0 saturated carbocycles. The predicted octanol–water partition coefficient (Wildman–Crippen LogP) is 3.21. The summed E-state index contributed by atoms with van der Waals surface area (Å²) in [6.07, 6.45) is 0.485. The van der Waals surface area contributed by atoms with Gasteiger partial charge in [0.1, 0.15) is 11.6 Å². The molecule has 0 saturated heterocycles. The number of anilines is 1. The average Bonchev–Trinajstić information content (AvgIpc) is 2.49. The second kappa shape index (κ2) is 7.64. The van der Waals surface area contributed by atoms with Crippen LogP contribution in [0.5, 0.6) is 5.75 Å². The van der Waals surface area contributed by atoms with Gasteiger partial charge in [-0.1, -0.05) is 12.1 Å². The van der Waals surface area contributed by atoms with E-state index in [0.29, 0.717) is 12.1 Å². The molecular weight excluding hydrogens is 311 g/mol. The highest BCUT2D eigenvalue weighted by Crippen LogP contribution is 2.23. The number of halogens is 3. The molecule has 0 aromatic heterocycles. The first kappa shape index (κ1) is 16.8. The van der Waals surface area contributed by atoms with Crippen molar-refractivity contribution in [2.75, 3.05) is 11.9 Å². The number of alkyl halides is 2. The van der Waals surface area contributed by atoms with Crippen LogP contribution in [0.4, 0.5) is 18.9 Å². The van der Waals surface area contributed by atoms with Gasteiger partial charge >= 0.3 is 6.61 Å². The van der Waals surface area contributed by atoms with E-state index in [0.717, 1.165) is 23.8 Å². The van der Waals surface area contributed by atoms with Crippen LogP contribution in [0.15, 0.2) is 42.5 Å². The summed E-state index contributed by atoms with van der Waals surface area (Å²) in [5, 5.41) is 11.3. The number of carbonyl (C=O) groups excluding carboxylic acids is 1. The van der Waals surface area contributed by atoms with Crippen LogP contribution in [0.2, 0.25) is 0 Å². The van der Waals surface area contributed by atoms with Gasteiger partial charge in [-0.15, -0.1) is 0 Å². The van der Waals surface area contributed by atoms with Crippen LogP contribution in [0.3, 0.4) is 0 Å². The smallest absolute Gasteiger partial charge is 0.387 e. The van der Waals surface area contributed by atoms with E-state index in [-0.39, 0.29) is 12.2 Å². The van der Waals surface area contributed by atoms with Gasteiger partial charge in [0.2, 0.25) is 0 Å². The maximum atomic E-state index is 13.1. The van der Waals surface area contributed by atoms with Gasteiger partial charge in [-0.3, -0.25) is 4.79 Å². The summed E-state index contributed by atoms with van der Waals surface area (Å²) in [6, 6.07) is 9.44. The Morgan fingerprint density at radius 2 is 1.87 bits per heavy atom. The Morgan fingerprint density at radius 1 is 1.17 bits per heavy atom. The van der Waals surface area contributed by atoms with Crippen LogP contribution in [0, 0.1) is 5.82 Å². The number of nitrogens with one attached hydrogen (secondary N) is 1. The highest BCUT2D eigenvalue weighted by molar-refractivity contribution is 6.06. The molecule has 2 rings (SSSR count). The second-order valence-corrected chi connectivity index (χ2v) is 4.64. The van der Waals surface area contributed by atoms with Crippen molar-refractivity contribution in [3.8, 4) is 5.75 Å². The maximum Gasteiger partial charge on any atom is 0.387 e. The van der Waals surface area contributed by atoms with Crippen molar-refractivity contribution >= 4 is 11.6 Å². The van der Waals surface area contributed by atoms with E-state index >= 15 is 0 Å². The Balaban J connectivity index is 2.16. The number of hydrogen-bond donors (Lipinski definition) is 2. The van der Waals surface area contributed by atoms with E-state index in [4.69, 9.17) is 5.11 Å². The van der Waals surface area contributed by atoms with Crippen LogP contribution < -0.4 is 10.1 Å². The first-order valence-corrected chi connectivity index (χ1v) is 6.75. The second-order valence-electron chi connectivity index (χ2n) is 4.64. The molecule has 23 heavy (non-hydrogen) atoms. The van der Waals surface area contributed by atoms with Crippen molar-refractivity contribution in [2.24, 2.45) is 0 Å². The number of aliphatic hydroxyl groups excluding tert-OH is 1. The molecule has 0 aliphatic heterocycles. The number of rotatable bonds is 6. The summed E-state index contributed by atoms with van der Waals surface area (Å²) in [7, 11) is 0. The third-order valence-electron chi connectivity index (χ3n) is 3.02. The zero-order valence-corrected chi connectivity index (χ0v) is 11.9. The van der Waals surface area contributed by atoms with Gasteiger partial charge in [-0.25, -0.2) is 4.39 Å². The number of amides is 1. The van der Waals surface area contributed by atoms with Crippen LogP contribution in [-0.2, 0) is 6.42 Å². The van der Waals surface area contributed by atoms with E-state index < -0.39 is 24.1 Å². The number of benzene rings is 2. The van der Waals surface area contributed by atoms with Gasteiger partial charge in [-0.2, -0.15) is 8.78 Å². The normalized spacial score (nSPS) is 10.7. The molecule has 7 heteroatoms. The SMILES string of the molecule is O=C(Nc1ccc(CCO)cc1)c1ccc(F)cc1OC(F)F. The molecular formula is C16H14F3NO3. The van der Waals surface area contributed by atoms with E-state index in [9.17, 15) is 18.0 Å². The lowest BCUT2D eigenvalue weighted by atomic mass is 10.1. The summed E-state index contributed by atoms with van der Waals surface area (Å²) in [5.41, 5.74) is 1.11. The molecule has 0 aliphatic carbocycles. The fraction of sp³-hybridized carbons (Fsp3) is 0.188. The molecule has 2 aromatic rings. The van der Waals surface area contributed by atoms with E-state index in [1.54, 1.807) is 24.3 Å². The molecule has 1 amide bonds. The number of ether oxygens (including phenoxy) is 1. The Hall–Kier alpha value is -2.54. The minimum absolute atomic E-state index is 0.00954. The lowest BCUT2D eigenvalue weighted by molar-refractivity contribution is -0.0502. The lowest BCUT2D eigenvalue weighted by Crippen LogP contribution is -2.15. The molecule has 0 unspecified atom stereocenters. The zero-order valence-electron chi connectivity index (χ0n) is 11.9. The summed E-state index contributed by atoms with van der Waals surface area (Å²) >= 11 is 0. The zero-order chi connectivity index (χ0) is 16.8. The first-order chi connectivity index (χ1) is 11.0. The molecule has 0 radical (unpaired) electrons. The lowest BCUT2D eigenvalue weighted by Gasteiger charge is -2.11. The minimum Gasteiger partial charge on any atom is -0.434 e. The number of carbonyl (C=O) groups is 1. The van der Waals surface area contributed by atoms with Crippen molar-refractivity contribution in [1.82, 2.24) is 0 Å². The minimum atomic E-state index is -3.17. The van der Waals surface area contributed by atoms with Crippen molar-refractivity contribution in [3.05, 3.63) is 59.4 Å². The van der Waals surface area contributed by atoms with Crippen LogP contribution >= 0.6 is 0 Å². The van der Waals surface area contributed by atoms with Crippen LogP contribution in [0.1, 0.15) is 15.9 Å². The third-order valence-corrected chi connectivity index (χ3v) is 3.02. The van der Waals surface area contributed by atoms with E-state index in [1.807, 2.05) is 0 Å². The van der Waals surface area contributed by atoms with Gasteiger partial charge in [0.25, 0.3) is 5.91 Å². The van der Waals surface area contributed by atoms with Crippen LogP contribution in [-0.4, -0.2) is 24.2 Å². The molecule has 0 fully saturated rings. The quantitative estimate of drug-likeness (QED) is 0.857. The fourth-order valence-corrected chi connectivity index (χ4v) is 1.96. The standard InChI is InChI=1S/C16H14F3NO3/c17-11-3-6-13(14(9-11)23-16(18)19)15(22)20-12-4-1-10(2-5-12)7-8-21/h1-6,9,16,21H,7-8H2,(H,20,22). The Kier molecular flexibility index (Phi) is 5.59. The molecule has 0 atom stereocenters. The number of aliphatic hydroxyl groups is 1. The topological polar surface area (TPSA) is 58.6 Å². The van der Waals surface area contributed by atoms with Gasteiger partial charge < -0.3 is 15.2 Å². The van der Waals surface area contributed by atoms with E-state index in [1.165, 1.54) is 0 Å². The van der Waals surface area contributed by atoms with Gasteiger partial charge in [0.15, 0.2) is 0 Å². The Morgan fingerprint density at radius 3 is 2.48 bits per heavy atom. The molecule has 4 nitrogen and oxygen atoms in total. The highest BCUT2D eigenvalue weighted by atomic mass is 19.3. The molecule has 2 aromatic carbocycles. The largest absolute Gasteiger partial charge is 0.434 e. The third kappa shape index (κ3) is 4.72. The fourth-order valence-electron chi connectivity index (χ4n) is 1.96. The van der Waals surface area contributed by atoms with Crippen molar-refractivity contribution < 1.29 is 27.8 Å². The highest BCUT2D eigenvalue weighted by Gasteiger charge is 2.17. The molecule has 0 spiro atoms. The van der Waals surface area contributed by atoms with Crippen molar-refractivity contribution in [3.63, 3.8) is 0 Å². The molecule has 0 bridgehead atoms. The summed E-state index contributed by atoms with van der Waals surface area (Å²) < 4.78 is 42.0. The van der Waals surface area contributed by atoms with Crippen molar-refractivity contribution in [1.29, 1.82) is 0 Å². The van der Waals surface area contributed by atoms with Gasteiger partial charge in [0, 0.05) is 18.4 Å². The first-order valence-electron chi connectivity index (χ1n) is 6.75. The van der Waals surface area contributed by atoms with Crippen LogP contribution in [0.25, 0.3) is 0 Å². The monoisotopic (exact) mass is 325 g/mol. The Bertz CT molecular complexity index is 675. The molecule has 0 aliphatic rings. The summed E-state index contributed by atoms with van der Waals surface area (Å²) in [6.45, 7) is -3.16. The predicted molar refractivity (Wildman–Crippen MR) is 78.2 cm³/mol. The number of hydrogen-bond acceptors (Lipinski definition) is 3. The average molecular weight is 325 g/mol. The molecule has 2 N–H and O–H groups in total. The molecule has 122 valence electrons. The maximum absolute atomic E-state index is 13.1. The summed E-state index contributed by atoms with van der Waals surface area (Å²) in [5.74, 6) is -2.02. The van der Waals surface area contributed by atoms with E-state index in [2.05, 4.69) is 10.1 Å². The van der Waals surface area contributed by atoms with Crippen molar-refractivity contribution in [2.45, 2.75) is 13.0 Å². The Labute approximate surface area is 130 Å². The van der Waals surface area contributed by atoms with Gasteiger partial charge in [-0.05, 0) is 36.2 Å². The molecule has 0 heterocycles.